The molecule has 0 bridgehead atoms. The number of carbonyl (C=O) groups is 1. The van der Waals surface area contributed by atoms with E-state index in [9.17, 15) is 9.59 Å². The highest BCUT2D eigenvalue weighted by molar-refractivity contribution is 5.82. The number of piperidine rings is 1. The van der Waals surface area contributed by atoms with E-state index in [4.69, 9.17) is 0 Å². The van der Waals surface area contributed by atoms with Gasteiger partial charge in [-0.15, -0.1) is 0 Å². The van der Waals surface area contributed by atoms with Crippen LogP contribution in [-0.2, 0) is 11.3 Å². The SMILES string of the molecule is O=C1NCCCC1NCc1cc(=O)n2ccccc2n1. The normalized spacial score (nSPS) is 19.0. The highest BCUT2D eigenvalue weighted by Gasteiger charge is 2.21. The number of carbonyl (C=O) groups excluding carboxylic acids is 1. The largest absolute Gasteiger partial charge is 0.355 e. The van der Waals surface area contributed by atoms with Crippen LogP contribution < -0.4 is 16.2 Å². The topological polar surface area (TPSA) is 75.5 Å². The van der Waals surface area contributed by atoms with Gasteiger partial charge in [0.1, 0.15) is 5.65 Å². The molecule has 1 saturated heterocycles. The fraction of sp³-hybridized carbons (Fsp3) is 0.357. The molecule has 3 rings (SSSR count). The Morgan fingerprint density at radius 2 is 2.30 bits per heavy atom. The Bertz CT molecular complexity index is 695. The molecule has 1 unspecified atom stereocenters. The third-order valence-corrected chi connectivity index (χ3v) is 3.44. The maximum absolute atomic E-state index is 11.9. The lowest BCUT2D eigenvalue weighted by Crippen LogP contribution is -2.48. The number of pyridine rings is 1. The van der Waals surface area contributed by atoms with Crippen LogP contribution >= 0.6 is 0 Å². The third kappa shape index (κ3) is 2.55. The van der Waals surface area contributed by atoms with E-state index in [2.05, 4.69) is 15.6 Å². The minimum atomic E-state index is -0.195. The zero-order valence-corrected chi connectivity index (χ0v) is 11.0. The van der Waals surface area contributed by atoms with Crippen LogP contribution in [0.4, 0.5) is 0 Å². The number of rotatable bonds is 3. The summed E-state index contributed by atoms with van der Waals surface area (Å²) < 4.78 is 1.50. The Balaban J connectivity index is 1.77. The average Bonchev–Trinajstić information content (AvgIpc) is 2.46. The van der Waals surface area contributed by atoms with Crippen LogP contribution in [0.15, 0.2) is 35.3 Å². The summed E-state index contributed by atoms with van der Waals surface area (Å²) in [6.07, 6.45) is 3.48. The molecular formula is C14H16N4O2. The van der Waals surface area contributed by atoms with E-state index < -0.39 is 0 Å². The molecule has 6 nitrogen and oxygen atoms in total. The van der Waals surface area contributed by atoms with Crippen molar-refractivity contribution in [3.05, 3.63) is 46.5 Å². The van der Waals surface area contributed by atoms with Gasteiger partial charge in [-0.25, -0.2) is 4.98 Å². The maximum atomic E-state index is 11.9. The Labute approximate surface area is 115 Å². The Morgan fingerprint density at radius 3 is 3.15 bits per heavy atom. The van der Waals surface area contributed by atoms with E-state index >= 15 is 0 Å². The molecule has 1 aliphatic heterocycles. The summed E-state index contributed by atoms with van der Waals surface area (Å²) in [5.74, 6) is 0.0220. The molecule has 2 aromatic heterocycles. The van der Waals surface area contributed by atoms with Gasteiger partial charge in [0.25, 0.3) is 5.56 Å². The molecule has 2 aromatic rings. The molecule has 20 heavy (non-hydrogen) atoms. The predicted molar refractivity (Wildman–Crippen MR) is 74.3 cm³/mol. The molecule has 0 saturated carbocycles. The minimum Gasteiger partial charge on any atom is -0.355 e. The average molecular weight is 272 g/mol. The monoisotopic (exact) mass is 272 g/mol. The first kappa shape index (κ1) is 12.8. The number of amides is 1. The van der Waals surface area contributed by atoms with Crippen LogP contribution in [0, 0.1) is 0 Å². The Kier molecular flexibility index (Phi) is 3.47. The van der Waals surface area contributed by atoms with Crippen molar-refractivity contribution in [2.45, 2.75) is 25.4 Å². The van der Waals surface area contributed by atoms with E-state index in [1.165, 1.54) is 10.5 Å². The van der Waals surface area contributed by atoms with Crippen LogP contribution in [0.5, 0.6) is 0 Å². The van der Waals surface area contributed by atoms with Gasteiger partial charge in [-0.3, -0.25) is 14.0 Å². The highest BCUT2D eigenvalue weighted by atomic mass is 16.2. The van der Waals surface area contributed by atoms with Crippen LogP contribution in [0.1, 0.15) is 18.5 Å². The van der Waals surface area contributed by atoms with Gasteiger partial charge in [-0.2, -0.15) is 0 Å². The second-order valence-electron chi connectivity index (χ2n) is 4.88. The molecule has 1 atom stereocenters. The van der Waals surface area contributed by atoms with Gasteiger partial charge in [0.05, 0.1) is 11.7 Å². The fourth-order valence-electron chi connectivity index (χ4n) is 2.39. The standard InChI is InChI=1S/C14H16N4O2/c19-13-8-10(17-12-5-1-2-7-18(12)13)9-16-11-4-3-6-15-14(11)20/h1-2,5,7-8,11,16H,3-4,6,9H2,(H,15,20). The van der Waals surface area contributed by atoms with Crippen molar-refractivity contribution >= 4 is 11.6 Å². The maximum Gasteiger partial charge on any atom is 0.258 e. The molecular weight excluding hydrogens is 256 g/mol. The summed E-state index contributed by atoms with van der Waals surface area (Å²) in [6.45, 7) is 1.16. The summed E-state index contributed by atoms with van der Waals surface area (Å²) >= 11 is 0. The third-order valence-electron chi connectivity index (χ3n) is 3.44. The molecule has 3 heterocycles. The number of nitrogens with zero attached hydrogens (tertiary/aromatic N) is 2. The molecule has 6 heteroatoms. The molecule has 2 N–H and O–H groups in total. The lowest BCUT2D eigenvalue weighted by molar-refractivity contribution is -0.124. The first-order chi connectivity index (χ1) is 9.74. The van der Waals surface area contributed by atoms with E-state index in [0.29, 0.717) is 17.9 Å². The lowest BCUT2D eigenvalue weighted by atomic mass is 10.1. The molecule has 0 spiro atoms. The minimum absolute atomic E-state index is 0.0220. The van der Waals surface area contributed by atoms with Gasteiger partial charge in [0, 0.05) is 25.4 Å². The van der Waals surface area contributed by atoms with Crippen molar-refractivity contribution in [3.63, 3.8) is 0 Å². The van der Waals surface area contributed by atoms with Crippen LogP contribution in [0.25, 0.3) is 5.65 Å². The van der Waals surface area contributed by atoms with Gasteiger partial charge in [0.2, 0.25) is 5.91 Å². The number of fused-ring (bicyclic) bond motifs is 1. The highest BCUT2D eigenvalue weighted by Crippen LogP contribution is 2.04. The zero-order chi connectivity index (χ0) is 13.9. The first-order valence-corrected chi connectivity index (χ1v) is 6.72. The summed E-state index contributed by atoms with van der Waals surface area (Å²) in [7, 11) is 0. The second-order valence-corrected chi connectivity index (χ2v) is 4.88. The van der Waals surface area contributed by atoms with Gasteiger partial charge in [0.15, 0.2) is 0 Å². The van der Waals surface area contributed by atoms with Crippen molar-refractivity contribution in [3.8, 4) is 0 Å². The Morgan fingerprint density at radius 1 is 1.40 bits per heavy atom. The molecule has 1 aliphatic rings. The number of hydrogen-bond donors (Lipinski definition) is 2. The lowest BCUT2D eigenvalue weighted by Gasteiger charge is -2.22. The molecule has 0 aliphatic carbocycles. The zero-order valence-electron chi connectivity index (χ0n) is 11.0. The van der Waals surface area contributed by atoms with E-state index in [1.807, 2.05) is 6.07 Å². The molecule has 1 amide bonds. The van der Waals surface area contributed by atoms with Crippen molar-refractivity contribution in [1.29, 1.82) is 0 Å². The Hall–Kier alpha value is -2.21. The van der Waals surface area contributed by atoms with E-state index in [-0.39, 0.29) is 17.5 Å². The summed E-state index contributed by atoms with van der Waals surface area (Å²) in [6, 6.07) is 6.73. The first-order valence-electron chi connectivity index (χ1n) is 6.72. The van der Waals surface area contributed by atoms with E-state index in [1.54, 1.807) is 18.3 Å². The molecule has 0 aromatic carbocycles. The number of nitrogens with one attached hydrogen (secondary N) is 2. The van der Waals surface area contributed by atoms with Gasteiger partial charge in [-0.1, -0.05) is 6.07 Å². The van der Waals surface area contributed by atoms with Crippen molar-refractivity contribution in [2.24, 2.45) is 0 Å². The second kappa shape index (κ2) is 5.42. The quantitative estimate of drug-likeness (QED) is 0.828. The van der Waals surface area contributed by atoms with Crippen molar-refractivity contribution < 1.29 is 4.79 Å². The van der Waals surface area contributed by atoms with E-state index in [0.717, 1.165) is 19.4 Å². The molecule has 104 valence electrons. The summed E-state index contributed by atoms with van der Waals surface area (Å²) in [4.78, 5) is 28.0. The van der Waals surface area contributed by atoms with Crippen molar-refractivity contribution in [2.75, 3.05) is 6.54 Å². The molecule has 1 fully saturated rings. The van der Waals surface area contributed by atoms with Gasteiger partial charge in [-0.05, 0) is 25.0 Å². The smallest absolute Gasteiger partial charge is 0.258 e. The van der Waals surface area contributed by atoms with Gasteiger partial charge >= 0.3 is 0 Å². The van der Waals surface area contributed by atoms with Gasteiger partial charge < -0.3 is 10.6 Å². The summed E-state index contributed by atoms with van der Waals surface area (Å²) in [5, 5.41) is 5.98. The van der Waals surface area contributed by atoms with Crippen molar-refractivity contribution in [1.82, 2.24) is 20.0 Å². The van der Waals surface area contributed by atoms with Crippen LogP contribution in [0.2, 0.25) is 0 Å². The van der Waals surface area contributed by atoms with Crippen LogP contribution in [0.3, 0.4) is 0 Å². The fourth-order valence-corrected chi connectivity index (χ4v) is 2.39. The number of hydrogen-bond acceptors (Lipinski definition) is 4. The number of aromatic nitrogens is 2. The predicted octanol–water partition coefficient (Wildman–Crippen LogP) is 0.0627. The van der Waals surface area contributed by atoms with Crippen LogP contribution in [-0.4, -0.2) is 27.9 Å². The summed E-state index contributed by atoms with van der Waals surface area (Å²) in [5.41, 5.74) is 1.16. The molecule has 0 radical (unpaired) electrons.